The summed E-state index contributed by atoms with van der Waals surface area (Å²) in [4.78, 5) is 8.45. The van der Waals surface area contributed by atoms with Crippen LogP contribution in [0.5, 0.6) is 5.88 Å². The fourth-order valence-electron chi connectivity index (χ4n) is 2.67. The SMILES string of the molecule is Cc1nc(N)c(C)c(OCC2CCCC(C)C2)n1. The van der Waals surface area contributed by atoms with Gasteiger partial charge in [0.15, 0.2) is 0 Å². The summed E-state index contributed by atoms with van der Waals surface area (Å²) in [5.41, 5.74) is 6.67. The van der Waals surface area contributed by atoms with Crippen LogP contribution in [0.3, 0.4) is 0 Å². The summed E-state index contributed by atoms with van der Waals surface area (Å²) in [6.07, 6.45) is 5.20. The first-order valence-corrected chi connectivity index (χ1v) is 6.79. The quantitative estimate of drug-likeness (QED) is 0.894. The van der Waals surface area contributed by atoms with E-state index in [2.05, 4.69) is 16.9 Å². The number of aromatic nitrogens is 2. The number of aryl methyl sites for hydroxylation is 1. The molecule has 1 aliphatic rings. The summed E-state index contributed by atoms with van der Waals surface area (Å²) in [5.74, 6) is 3.33. The van der Waals surface area contributed by atoms with Crippen molar-refractivity contribution in [2.75, 3.05) is 12.3 Å². The van der Waals surface area contributed by atoms with Crippen LogP contribution in [0.15, 0.2) is 0 Å². The number of hydrogen-bond acceptors (Lipinski definition) is 4. The summed E-state index contributed by atoms with van der Waals surface area (Å²) < 4.78 is 5.86. The lowest BCUT2D eigenvalue weighted by molar-refractivity contribution is 0.176. The molecule has 0 radical (unpaired) electrons. The molecule has 1 aliphatic carbocycles. The topological polar surface area (TPSA) is 61.0 Å². The molecule has 1 saturated carbocycles. The molecule has 4 heteroatoms. The highest BCUT2D eigenvalue weighted by molar-refractivity contribution is 5.44. The van der Waals surface area contributed by atoms with Gasteiger partial charge in [-0.15, -0.1) is 0 Å². The van der Waals surface area contributed by atoms with Crippen molar-refractivity contribution in [3.05, 3.63) is 11.4 Å². The summed E-state index contributed by atoms with van der Waals surface area (Å²) in [6.45, 7) is 6.82. The second-order valence-corrected chi connectivity index (χ2v) is 5.54. The minimum absolute atomic E-state index is 0.523. The summed E-state index contributed by atoms with van der Waals surface area (Å²) in [5, 5.41) is 0. The lowest BCUT2D eigenvalue weighted by atomic mass is 9.83. The molecule has 2 atom stereocenters. The van der Waals surface area contributed by atoms with E-state index in [0.29, 0.717) is 23.4 Å². The largest absolute Gasteiger partial charge is 0.477 e. The van der Waals surface area contributed by atoms with Crippen molar-refractivity contribution in [2.24, 2.45) is 11.8 Å². The highest BCUT2D eigenvalue weighted by atomic mass is 16.5. The average Bonchev–Trinajstić information content (AvgIpc) is 2.32. The van der Waals surface area contributed by atoms with Crippen molar-refractivity contribution in [3.8, 4) is 5.88 Å². The van der Waals surface area contributed by atoms with E-state index >= 15 is 0 Å². The third-order valence-electron chi connectivity index (χ3n) is 3.75. The molecule has 0 spiro atoms. The van der Waals surface area contributed by atoms with E-state index in [-0.39, 0.29) is 0 Å². The zero-order valence-corrected chi connectivity index (χ0v) is 11.6. The Labute approximate surface area is 109 Å². The first-order chi connectivity index (χ1) is 8.56. The Balaban J connectivity index is 1.97. The predicted molar refractivity (Wildman–Crippen MR) is 72.5 cm³/mol. The Kier molecular flexibility index (Phi) is 4.04. The Morgan fingerprint density at radius 3 is 2.78 bits per heavy atom. The van der Waals surface area contributed by atoms with Crippen molar-refractivity contribution in [2.45, 2.75) is 46.5 Å². The van der Waals surface area contributed by atoms with Crippen molar-refractivity contribution in [1.29, 1.82) is 0 Å². The monoisotopic (exact) mass is 249 g/mol. The smallest absolute Gasteiger partial charge is 0.221 e. The molecule has 1 heterocycles. The van der Waals surface area contributed by atoms with E-state index < -0.39 is 0 Å². The van der Waals surface area contributed by atoms with Crippen LogP contribution in [-0.2, 0) is 0 Å². The highest BCUT2D eigenvalue weighted by Crippen LogP contribution is 2.29. The van der Waals surface area contributed by atoms with Crippen molar-refractivity contribution < 1.29 is 4.74 Å². The Hall–Kier alpha value is -1.32. The number of nitrogens with zero attached hydrogens (tertiary/aromatic N) is 2. The van der Waals surface area contributed by atoms with Crippen molar-refractivity contribution in [3.63, 3.8) is 0 Å². The second kappa shape index (κ2) is 5.55. The molecule has 1 aromatic heterocycles. The first kappa shape index (κ1) is 13.1. The summed E-state index contributed by atoms with van der Waals surface area (Å²) in [7, 11) is 0. The van der Waals surface area contributed by atoms with Gasteiger partial charge >= 0.3 is 0 Å². The molecule has 2 N–H and O–H groups in total. The summed E-state index contributed by atoms with van der Waals surface area (Å²) >= 11 is 0. The molecule has 4 nitrogen and oxygen atoms in total. The normalized spacial score (nSPS) is 23.9. The van der Waals surface area contributed by atoms with Gasteiger partial charge in [-0.05, 0) is 38.5 Å². The fraction of sp³-hybridized carbons (Fsp3) is 0.714. The van der Waals surface area contributed by atoms with Gasteiger partial charge in [-0.2, -0.15) is 4.98 Å². The maximum Gasteiger partial charge on any atom is 0.221 e. The van der Waals surface area contributed by atoms with Gasteiger partial charge in [-0.3, -0.25) is 0 Å². The molecule has 0 amide bonds. The maximum atomic E-state index is 5.86. The van der Waals surface area contributed by atoms with Crippen molar-refractivity contribution >= 4 is 5.82 Å². The van der Waals surface area contributed by atoms with E-state index in [4.69, 9.17) is 10.5 Å². The van der Waals surface area contributed by atoms with Crippen LogP contribution in [0.2, 0.25) is 0 Å². The predicted octanol–water partition coefficient (Wildman–Crippen LogP) is 2.88. The molecule has 100 valence electrons. The molecule has 2 rings (SSSR count). The molecule has 0 bridgehead atoms. The highest BCUT2D eigenvalue weighted by Gasteiger charge is 2.20. The summed E-state index contributed by atoms with van der Waals surface area (Å²) in [6, 6.07) is 0. The van der Waals surface area contributed by atoms with E-state index in [1.54, 1.807) is 0 Å². The zero-order valence-electron chi connectivity index (χ0n) is 11.6. The molecule has 0 aromatic carbocycles. The fourth-order valence-corrected chi connectivity index (χ4v) is 2.67. The molecule has 2 unspecified atom stereocenters. The van der Waals surface area contributed by atoms with Crippen LogP contribution >= 0.6 is 0 Å². The van der Waals surface area contributed by atoms with Crippen LogP contribution in [0.4, 0.5) is 5.82 Å². The molecule has 0 aliphatic heterocycles. The van der Waals surface area contributed by atoms with Gasteiger partial charge in [-0.1, -0.05) is 19.8 Å². The van der Waals surface area contributed by atoms with Gasteiger partial charge < -0.3 is 10.5 Å². The van der Waals surface area contributed by atoms with Gasteiger partial charge in [0.2, 0.25) is 5.88 Å². The van der Waals surface area contributed by atoms with Gasteiger partial charge in [0.25, 0.3) is 0 Å². The number of anilines is 1. The number of nitrogen functional groups attached to an aromatic ring is 1. The maximum absolute atomic E-state index is 5.86. The van der Waals surface area contributed by atoms with Crippen LogP contribution in [0.25, 0.3) is 0 Å². The third-order valence-corrected chi connectivity index (χ3v) is 3.75. The van der Waals surface area contributed by atoms with Crippen LogP contribution in [0, 0.1) is 25.7 Å². The van der Waals surface area contributed by atoms with Gasteiger partial charge in [0, 0.05) is 0 Å². The van der Waals surface area contributed by atoms with Gasteiger partial charge in [-0.25, -0.2) is 4.98 Å². The number of hydrogen-bond donors (Lipinski definition) is 1. The molecule has 0 saturated heterocycles. The van der Waals surface area contributed by atoms with Gasteiger partial charge in [0.05, 0.1) is 12.2 Å². The van der Waals surface area contributed by atoms with Crippen LogP contribution in [-0.4, -0.2) is 16.6 Å². The third kappa shape index (κ3) is 3.12. The van der Waals surface area contributed by atoms with E-state index in [9.17, 15) is 0 Å². The molecule has 18 heavy (non-hydrogen) atoms. The zero-order chi connectivity index (χ0) is 13.1. The molecule has 1 fully saturated rings. The number of rotatable bonds is 3. The Morgan fingerprint density at radius 2 is 2.06 bits per heavy atom. The Morgan fingerprint density at radius 1 is 1.28 bits per heavy atom. The lowest BCUT2D eigenvalue weighted by Crippen LogP contribution is -2.20. The van der Waals surface area contributed by atoms with E-state index in [1.165, 1.54) is 25.7 Å². The lowest BCUT2D eigenvalue weighted by Gasteiger charge is -2.26. The van der Waals surface area contributed by atoms with E-state index in [1.807, 2.05) is 13.8 Å². The van der Waals surface area contributed by atoms with E-state index in [0.717, 1.165) is 18.1 Å². The number of ether oxygens (including phenoxy) is 1. The number of nitrogens with two attached hydrogens (primary N) is 1. The van der Waals surface area contributed by atoms with Crippen molar-refractivity contribution in [1.82, 2.24) is 9.97 Å². The van der Waals surface area contributed by atoms with Gasteiger partial charge in [0.1, 0.15) is 11.6 Å². The average molecular weight is 249 g/mol. The molecular weight excluding hydrogens is 226 g/mol. The minimum atomic E-state index is 0.523. The molecular formula is C14H23N3O. The van der Waals surface area contributed by atoms with Crippen LogP contribution < -0.4 is 10.5 Å². The Bertz CT molecular complexity index is 420. The first-order valence-electron chi connectivity index (χ1n) is 6.79. The van der Waals surface area contributed by atoms with Crippen LogP contribution in [0.1, 0.15) is 44.0 Å². The molecule has 1 aromatic rings. The second-order valence-electron chi connectivity index (χ2n) is 5.54. The standard InChI is InChI=1S/C14H23N3O/c1-9-5-4-6-12(7-9)8-18-14-10(2)13(15)16-11(3)17-14/h9,12H,4-8H2,1-3H3,(H2,15,16,17). The minimum Gasteiger partial charge on any atom is -0.477 e.